The molecule has 3 saturated heterocycles. The van der Waals surface area contributed by atoms with Gasteiger partial charge in [-0.1, -0.05) is 0 Å². The maximum atomic E-state index is 3.56. The van der Waals surface area contributed by atoms with Crippen LogP contribution in [0.1, 0.15) is 12.8 Å². The van der Waals surface area contributed by atoms with E-state index in [4.69, 9.17) is 0 Å². The predicted octanol–water partition coefficient (Wildman–Crippen LogP) is 1.02. The first-order valence-electron chi connectivity index (χ1n) is 3.98. The third kappa shape index (κ3) is 1.46. The van der Waals surface area contributed by atoms with Crippen LogP contribution in [0.15, 0.2) is 0 Å². The van der Waals surface area contributed by atoms with Crippen molar-refractivity contribution in [3.05, 3.63) is 0 Å². The Morgan fingerprint density at radius 2 is 2.20 bits per heavy atom. The Balaban J connectivity index is 2.05. The summed E-state index contributed by atoms with van der Waals surface area (Å²) in [6, 6.07) is 0.788. The second-order valence-electron chi connectivity index (χ2n) is 3.38. The van der Waals surface area contributed by atoms with Crippen molar-refractivity contribution in [2.45, 2.75) is 18.9 Å². The summed E-state index contributed by atoms with van der Waals surface area (Å²) in [5.74, 6) is 0.927. The first-order valence-corrected chi connectivity index (χ1v) is 4.95. The van der Waals surface area contributed by atoms with E-state index < -0.39 is 0 Å². The van der Waals surface area contributed by atoms with Crippen molar-refractivity contribution in [2.24, 2.45) is 5.92 Å². The lowest BCUT2D eigenvalue weighted by molar-refractivity contribution is 0.359. The van der Waals surface area contributed by atoms with Crippen molar-refractivity contribution >= 4 is 22.9 Å². The molecule has 2 nitrogen and oxygen atoms in total. The Morgan fingerprint density at radius 3 is 2.90 bits per heavy atom. The van der Waals surface area contributed by atoms with Crippen molar-refractivity contribution in [3.8, 4) is 0 Å². The van der Waals surface area contributed by atoms with Gasteiger partial charge in [0.15, 0.2) is 0 Å². The lowest BCUT2D eigenvalue weighted by atomic mass is 9.97. The maximum absolute atomic E-state index is 3.56. The number of piperidine rings is 1. The van der Waals surface area contributed by atoms with E-state index in [9.17, 15) is 0 Å². The molecular formula is C7H13IN2. The topological polar surface area (TPSA) is 15.3 Å². The molecule has 2 unspecified atom stereocenters. The average Bonchev–Trinajstić information content (AvgIpc) is 2.17. The summed E-state index contributed by atoms with van der Waals surface area (Å²) in [4.78, 5) is 0. The third-order valence-corrected chi connectivity index (χ3v) is 3.28. The maximum Gasteiger partial charge on any atom is 0.0235 e. The summed E-state index contributed by atoms with van der Waals surface area (Å²) >= 11 is 2.45. The zero-order valence-electron chi connectivity index (χ0n) is 6.02. The zero-order valence-corrected chi connectivity index (χ0v) is 8.17. The minimum Gasteiger partial charge on any atom is -0.312 e. The summed E-state index contributed by atoms with van der Waals surface area (Å²) in [5.41, 5.74) is 0. The molecule has 0 aromatic carbocycles. The molecule has 2 atom stereocenters. The van der Waals surface area contributed by atoms with Gasteiger partial charge in [0.2, 0.25) is 0 Å². The SMILES string of the molecule is IN1CC2CCC(C1)NC2. The van der Waals surface area contributed by atoms with Crippen molar-refractivity contribution in [1.29, 1.82) is 0 Å². The standard InChI is InChI=1S/C7H13IN2/c8-10-4-6-1-2-7(5-10)9-3-6/h6-7,9H,1-5H2. The number of halogens is 1. The Morgan fingerprint density at radius 1 is 1.30 bits per heavy atom. The number of fused-ring (bicyclic) bond motifs is 4. The van der Waals surface area contributed by atoms with E-state index in [1.54, 1.807) is 0 Å². The molecule has 0 aromatic rings. The van der Waals surface area contributed by atoms with Gasteiger partial charge < -0.3 is 5.32 Å². The fourth-order valence-electron chi connectivity index (χ4n) is 1.88. The molecular weight excluding hydrogens is 239 g/mol. The lowest BCUT2D eigenvalue weighted by Gasteiger charge is -2.23. The molecule has 0 saturated carbocycles. The van der Waals surface area contributed by atoms with Crippen molar-refractivity contribution < 1.29 is 0 Å². The summed E-state index contributed by atoms with van der Waals surface area (Å²) < 4.78 is 2.43. The van der Waals surface area contributed by atoms with Crippen LogP contribution in [0.3, 0.4) is 0 Å². The van der Waals surface area contributed by atoms with Gasteiger partial charge in [-0.25, -0.2) is 3.11 Å². The molecule has 1 N–H and O–H groups in total. The fraction of sp³-hybridized carbons (Fsp3) is 1.00. The molecule has 3 rings (SSSR count). The number of nitrogens with zero attached hydrogens (tertiary/aromatic N) is 1. The predicted molar refractivity (Wildman–Crippen MR) is 50.1 cm³/mol. The van der Waals surface area contributed by atoms with Crippen LogP contribution in [0.4, 0.5) is 0 Å². The highest BCUT2D eigenvalue weighted by Gasteiger charge is 2.27. The molecule has 58 valence electrons. The first kappa shape index (κ1) is 7.31. The molecule has 0 radical (unpaired) electrons. The normalized spacial score (nSPS) is 41.7. The molecule has 3 fully saturated rings. The van der Waals surface area contributed by atoms with Crippen LogP contribution in [-0.2, 0) is 0 Å². The molecule has 0 aromatic heterocycles. The number of rotatable bonds is 0. The van der Waals surface area contributed by atoms with E-state index in [-0.39, 0.29) is 0 Å². The molecule has 0 amide bonds. The van der Waals surface area contributed by atoms with E-state index in [1.807, 2.05) is 0 Å². The second kappa shape index (κ2) is 2.95. The average molecular weight is 252 g/mol. The van der Waals surface area contributed by atoms with Crippen molar-refractivity contribution in [1.82, 2.24) is 8.43 Å². The monoisotopic (exact) mass is 252 g/mol. The summed E-state index contributed by atoms with van der Waals surface area (Å²) in [5, 5.41) is 3.56. The summed E-state index contributed by atoms with van der Waals surface area (Å²) in [6.45, 7) is 3.80. The van der Waals surface area contributed by atoms with Crippen LogP contribution in [-0.4, -0.2) is 28.8 Å². The van der Waals surface area contributed by atoms with E-state index in [0.29, 0.717) is 0 Å². The number of hydrogen-bond donors (Lipinski definition) is 1. The molecule has 3 aliphatic heterocycles. The van der Waals surface area contributed by atoms with Crippen LogP contribution < -0.4 is 5.32 Å². The van der Waals surface area contributed by atoms with Gasteiger partial charge in [0.25, 0.3) is 0 Å². The Hall–Kier alpha value is 0.650. The summed E-state index contributed by atoms with van der Waals surface area (Å²) in [7, 11) is 0. The molecule has 2 bridgehead atoms. The van der Waals surface area contributed by atoms with Gasteiger partial charge in [-0.3, -0.25) is 0 Å². The molecule has 0 aliphatic carbocycles. The van der Waals surface area contributed by atoms with E-state index >= 15 is 0 Å². The van der Waals surface area contributed by atoms with E-state index in [0.717, 1.165) is 12.0 Å². The third-order valence-electron chi connectivity index (χ3n) is 2.49. The van der Waals surface area contributed by atoms with Gasteiger partial charge in [0.05, 0.1) is 0 Å². The molecule has 0 spiro atoms. The molecule has 3 aliphatic rings. The van der Waals surface area contributed by atoms with Gasteiger partial charge in [-0.15, -0.1) is 0 Å². The largest absolute Gasteiger partial charge is 0.312 e. The van der Waals surface area contributed by atoms with E-state index in [1.165, 1.54) is 32.5 Å². The van der Waals surface area contributed by atoms with Crippen molar-refractivity contribution in [2.75, 3.05) is 19.6 Å². The fourth-order valence-corrected chi connectivity index (χ4v) is 2.91. The molecule has 3 heteroatoms. The smallest absolute Gasteiger partial charge is 0.0235 e. The highest BCUT2D eigenvalue weighted by Crippen LogP contribution is 2.22. The highest BCUT2D eigenvalue weighted by atomic mass is 127. The van der Waals surface area contributed by atoms with Crippen molar-refractivity contribution in [3.63, 3.8) is 0 Å². The van der Waals surface area contributed by atoms with Gasteiger partial charge >= 0.3 is 0 Å². The highest BCUT2D eigenvalue weighted by molar-refractivity contribution is 14.1. The van der Waals surface area contributed by atoms with Gasteiger partial charge in [0.1, 0.15) is 0 Å². The van der Waals surface area contributed by atoms with Crippen LogP contribution >= 0.6 is 22.9 Å². The number of nitrogens with one attached hydrogen (secondary N) is 1. The van der Waals surface area contributed by atoms with Gasteiger partial charge in [-0.05, 0) is 25.3 Å². The minimum absolute atomic E-state index is 0.788. The zero-order chi connectivity index (χ0) is 6.97. The Labute approximate surface area is 75.8 Å². The summed E-state index contributed by atoms with van der Waals surface area (Å²) in [6.07, 6.45) is 2.83. The molecule has 10 heavy (non-hydrogen) atoms. The quantitative estimate of drug-likeness (QED) is 0.511. The van der Waals surface area contributed by atoms with Gasteiger partial charge in [0, 0.05) is 42.0 Å². The first-order chi connectivity index (χ1) is 4.84. The molecule has 3 heterocycles. The van der Waals surface area contributed by atoms with Crippen LogP contribution in [0.2, 0.25) is 0 Å². The van der Waals surface area contributed by atoms with Crippen LogP contribution in [0, 0.1) is 5.92 Å². The van der Waals surface area contributed by atoms with Crippen LogP contribution in [0.5, 0.6) is 0 Å². The van der Waals surface area contributed by atoms with Crippen LogP contribution in [0.25, 0.3) is 0 Å². The Kier molecular flexibility index (Phi) is 2.15. The van der Waals surface area contributed by atoms with Gasteiger partial charge in [-0.2, -0.15) is 0 Å². The lowest BCUT2D eigenvalue weighted by Crippen LogP contribution is -2.38. The van der Waals surface area contributed by atoms with E-state index in [2.05, 4.69) is 31.3 Å². The second-order valence-corrected chi connectivity index (χ2v) is 4.74. The number of hydrogen-bond acceptors (Lipinski definition) is 2. The Bertz CT molecular complexity index is 107. The minimum atomic E-state index is 0.788.